The molecule has 0 aliphatic heterocycles. The maximum absolute atomic E-state index is 12.9. The zero-order valence-electron chi connectivity index (χ0n) is 18.3. The Labute approximate surface area is 189 Å². The zero-order valence-corrected chi connectivity index (χ0v) is 18.3. The van der Waals surface area contributed by atoms with Crippen LogP contribution in [0.15, 0.2) is 48.8 Å². The zero-order chi connectivity index (χ0) is 23.7. The van der Waals surface area contributed by atoms with E-state index in [0.29, 0.717) is 22.3 Å². The van der Waals surface area contributed by atoms with E-state index in [1.54, 1.807) is 60.7 Å². The van der Waals surface area contributed by atoms with E-state index in [9.17, 15) is 14.4 Å². The maximum Gasteiger partial charge on any atom is 0.275 e. The van der Waals surface area contributed by atoms with E-state index in [4.69, 9.17) is 5.73 Å². The minimum atomic E-state index is -0.698. The Kier molecular flexibility index (Phi) is 5.65. The van der Waals surface area contributed by atoms with Gasteiger partial charge in [-0.1, -0.05) is 19.9 Å². The van der Waals surface area contributed by atoms with Crippen LogP contribution in [0.25, 0.3) is 22.2 Å². The number of nitrogens with zero attached hydrogens (tertiary/aromatic N) is 3. The summed E-state index contributed by atoms with van der Waals surface area (Å²) in [6.07, 6.45) is 3.27. The van der Waals surface area contributed by atoms with Crippen molar-refractivity contribution in [1.29, 1.82) is 0 Å². The highest BCUT2D eigenvalue weighted by atomic mass is 16.2. The maximum atomic E-state index is 12.9. The molecule has 3 heterocycles. The molecular weight excluding hydrogens is 422 g/mol. The van der Waals surface area contributed by atoms with Crippen LogP contribution < -0.4 is 16.0 Å². The average molecular weight is 445 g/mol. The molecule has 0 aliphatic carbocycles. The molecule has 0 unspecified atom stereocenters. The van der Waals surface area contributed by atoms with Gasteiger partial charge in [0.1, 0.15) is 11.5 Å². The first-order chi connectivity index (χ1) is 15.8. The molecule has 0 saturated carbocycles. The van der Waals surface area contributed by atoms with Gasteiger partial charge < -0.3 is 20.9 Å². The smallest absolute Gasteiger partial charge is 0.275 e. The summed E-state index contributed by atoms with van der Waals surface area (Å²) in [5.74, 6) is -1.27. The molecule has 168 valence electrons. The number of nitrogens with two attached hydrogens (primary N) is 1. The molecule has 0 atom stereocenters. The molecule has 0 saturated heterocycles. The lowest BCUT2D eigenvalue weighted by molar-refractivity contribution is -0.121. The van der Waals surface area contributed by atoms with Gasteiger partial charge in [-0.25, -0.2) is 4.98 Å². The number of H-pyrrole nitrogens is 2. The van der Waals surface area contributed by atoms with E-state index in [2.05, 4.69) is 25.5 Å². The lowest BCUT2D eigenvalue weighted by Crippen LogP contribution is -2.30. The Balaban J connectivity index is 1.68. The molecule has 33 heavy (non-hydrogen) atoms. The van der Waals surface area contributed by atoms with Crippen LogP contribution in [0.2, 0.25) is 0 Å². The van der Waals surface area contributed by atoms with Gasteiger partial charge in [-0.3, -0.25) is 19.5 Å². The molecule has 0 bridgehead atoms. The molecule has 0 aliphatic rings. The highest BCUT2D eigenvalue weighted by Crippen LogP contribution is 2.30. The van der Waals surface area contributed by atoms with Crippen LogP contribution in [0.5, 0.6) is 0 Å². The largest absolute Gasteiger partial charge is 0.365 e. The molecule has 1 aromatic carbocycles. The molecule has 4 aromatic rings. The number of carbonyl (C=O) groups excluding carboxylic acids is 3. The molecule has 4 rings (SSSR count). The molecule has 3 amide bonds. The van der Waals surface area contributed by atoms with Crippen molar-refractivity contribution in [1.82, 2.24) is 20.2 Å². The van der Waals surface area contributed by atoms with Crippen molar-refractivity contribution in [3.8, 4) is 11.3 Å². The van der Waals surface area contributed by atoms with Gasteiger partial charge in [0.25, 0.3) is 11.8 Å². The van der Waals surface area contributed by atoms with Crippen molar-refractivity contribution in [2.75, 3.05) is 17.3 Å². The van der Waals surface area contributed by atoms with Gasteiger partial charge in [0.05, 0.1) is 17.5 Å². The minimum Gasteiger partial charge on any atom is -0.365 e. The first kappa shape index (κ1) is 21.8. The number of anilines is 2. The van der Waals surface area contributed by atoms with Crippen molar-refractivity contribution < 1.29 is 14.4 Å². The number of primary amides is 1. The second-order valence-electron chi connectivity index (χ2n) is 7.87. The van der Waals surface area contributed by atoms with Gasteiger partial charge in [0.15, 0.2) is 0 Å². The molecular formula is C23H23N7O3. The molecule has 3 aromatic heterocycles. The number of aromatic nitrogens is 4. The summed E-state index contributed by atoms with van der Waals surface area (Å²) in [5.41, 5.74) is 8.43. The Morgan fingerprint density at radius 3 is 2.61 bits per heavy atom. The monoisotopic (exact) mass is 445 g/mol. The van der Waals surface area contributed by atoms with E-state index in [1.165, 1.54) is 0 Å². The van der Waals surface area contributed by atoms with Crippen LogP contribution in [-0.2, 0) is 4.79 Å². The first-order valence-corrected chi connectivity index (χ1v) is 10.3. The normalized spacial score (nSPS) is 11.0. The van der Waals surface area contributed by atoms with Gasteiger partial charge in [0.2, 0.25) is 5.91 Å². The number of pyridine rings is 1. The van der Waals surface area contributed by atoms with Crippen molar-refractivity contribution >= 4 is 40.1 Å². The summed E-state index contributed by atoms with van der Waals surface area (Å²) in [7, 11) is 1.68. The molecule has 10 nitrogen and oxygen atoms in total. The topological polar surface area (TPSA) is 150 Å². The van der Waals surface area contributed by atoms with Crippen molar-refractivity contribution in [3.63, 3.8) is 0 Å². The van der Waals surface area contributed by atoms with Crippen LogP contribution in [0.1, 0.15) is 34.7 Å². The standard InChI is InChI=1S/C23H23N7O3/c1-12(2)23(33)30(3)14-7-8-15-18(9-14)28-21(19(15)20(24)31)29-22(32)17-6-4-5-16(27-17)13-10-25-26-11-13/h4-12,28H,1-3H3,(H2,24,31)(H,25,26)(H,29,32). The third-order valence-corrected chi connectivity index (χ3v) is 5.25. The number of aromatic amines is 2. The molecule has 0 fully saturated rings. The summed E-state index contributed by atoms with van der Waals surface area (Å²) < 4.78 is 0. The fraction of sp³-hybridized carbons (Fsp3) is 0.174. The minimum absolute atomic E-state index is 0.0480. The Morgan fingerprint density at radius 1 is 1.15 bits per heavy atom. The van der Waals surface area contributed by atoms with E-state index in [0.717, 1.165) is 5.56 Å². The Bertz CT molecular complexity index is 1360. The van der Waals surface area contributed by atoms with Gasteiger partial charge in [0, 0.05) is 41.3 Å². The molecule has 10 heteroatoms. The van der Waals surface area contributed by atoms with E-state index in [1.807, 2.05) is 13.8 Å². The van der Waals surface area contributed by atoms with Crippen LogP contribution >= 0.6 is 0 Å². The predicted molar refractivity (Wildman–Crippen MR) is 125 cm³/mol. The van der Waals surface area contributed by atoms with Crippen LogP contribution in [0.3, 0.4) is 0 Å². The van der Waals surface area contributed by atoms with Crippen LogP contribution in [0.4, 0.5) is 11.5 Å². The molecule has 5 N–H and O–H groups in total. The number of hydrogen-bond donors (Lipinski definition) is 4. The number of fused-ring (bicyclic) bond motifs is 1. The third-order valence-electron chi connectivity index (χ3n) is 5.25. The number of benzene rings is 1. The predicted octanol–water partition coefficient (Wildman–Crippen LogP) is 2.92. The number of rotatable bonds is 6. The van der Waals surface area contributed by atoms with Gasteiger partial charge in [-0.2, -0.15) is 5.10 Å². The van der Waals surface area contributed by atoms with E-state index < -0.39 is 11.8 Å². The van der Waals surface area contributed by atoms with Crippen LogP contribution in [-0.4, -0.2) is 44.9 Å². The summed E-state index contributed by atoms with van der Waals surface area (Å²) in [4.78, 5) is 46.4. The Morgan fingerprint density at radius 2 is 1.94 bits per heavy atom. The highest BCUT2D eigenvalue weighted by Gasteiger charge is 2.21. The summed E-state index contributed by atoms with van der Waals surface area (Å²) in [5, 5.41) is 9.83. The quantitative estimate of drug-likeness (QED) is 0.360. The van der Waals surface area contributed by atoms with Gasteiger partial charge in [-0.05, 0) is 30.3 Å². The number of hydrogen-bond acceptors (Lipinski definition) is 5. The van der Waals surface area contributed by atoms with E-state index in [-0.39, 0.29) is 28.9 Å². The summed E-state index contributed by atoms with van der Waals surface area (Å²) >= 11 is 0. The van der Waals surface area contributed by atoms with Gasteiger partial charge >= 0.3 is 0 Å². The van der Waals surface area contributed by atoms with E-state index >= 15 is 0 Å². The lowest BCUT2D eigenvalue weighted by Gasteiger charge is -2.19. The van der Waals surface area contributed by atoms with Crippen LogP contribution in [0, 0.1) is 5.92 Å². The second-order valence-corrected chi connectivity index (χ2v) is 7.87. The molecule has 0 spiro atoms. The van der Waals surface area contributed by atoms with Gasteiger partial charge in [-0.15, -0.1) is 0 Å². The van der Waals surface area contributed by atoms with Crippen molar-refractivity contribution in [2.45, 2.75) is 13.8 Å². The number of nitrogens with one attached hydrogen (secondary N) is 3. The third kappa shape index (κ3) is 4.18. The number of carbonyl (C=O) groups is 3. The number of amides is 3. The second kappa shape index (κ2) is 8.58. The fourth-order valence-corrected chi connectivity index (χ4v) is 3.55. The fourth-order valence-electron chi connectivity index (χ4n) is 3.55. The summed E-state index contributed by atoms with van der Waals surface area (Å²) in [6.45, 7) is 3.64. The van der Waals surface area contributed by atoms with Crippen molar-refractivity contribution in [3.05, 3.63) is 60.0 Å². The van der Waals surface area contributed by atoms with Crippen molar-refractivity contribution in [2.24, 2.45) is 11.7 Å². The first-order valence-electron chi connectivity index (χ1n) is 10.3. The molecule has 0 radical (unpaired) electrons. The average Bonchev–Trinajstić information content (AvgIpc) is 3.45. The highest BCUT2D eigenvalue weighted by molar-refractivity contribution is 6.15. The Hall–Kier alpha value is -4.47. The summed E-state index contributed by atoms with van der Waals surface area (Å²) in [6, 6.07) is 10.2. The SMILES string of the molecule is CC(C)C(=O)N(C)c1ccc2c(C(N)=O)c(NC(=O)c3cccc(-c4cn[nH]c4)n3)[nH]c2c1. The lowest BCUT2D eigenvalue weighted by atomic mass is 10.1.